The number of hydrogen-bond acceptors (Lipinski definition) is 4. The maximum absolute atomic E-state index is 13.1. The van der Waals surface area contributed by atoms with Gasteiger partial charge in [0.1, 0.15) is 0 Å². The predicted octanol–water partition coefficient (Wildman–Crippen LogP) is 6.57. The van der Waals surface area contributed by atoms with Crippen molar-refractivity contribution in [3.8, 4) is 0 Å². The van der Waals surface area contributed by atoms with Gasteiger partial charge in [-0.1, -0.05) is 42.5 Å². The molecule has 1 heterocycles. The molecular formula is C29H30Cl2F3N3O2. The van der Waals surface area contributed by atoms with E-state index in [4.69, 9.17) is 0 Å². The van der Waals surface area contributed by atoms with Gasteiger partial charge in [-0.25, -0.2) is 0 Å². The summed E-state index contributed by atoms with van der Waals surface area (Å²) in [7, 11) is 3.84. The average Bonchev–Trinajstić information content (AvgIpc) is 2.87. The number of rotatable bonds is 6. The topological polar surface area (TPSA) is 64.6 Å². The number of β-amino-alcohol motifs (C(OH)–C–C–N with tert-alkyl or cyclic N) is 1. The third-order valence-electron chi connectivity index (χ3n) is 6.13. The highest BCUT2D eigenvalue weighted by molar-refractivity contribution is 6.01. The Hall–Kier alpha value is -3.46. The smallest absolute Gasteiger partial charge is 0.391 e. The monoisotopic (exact) mass is 579 g/mol. The van der Waals surface area contributed by atoms with E-state index in [-0.39, 0.29) is 30.7 Å². The standard InChI is InChI=1S/C29H28F3N3O2.2ClH/c1-35(2)22-15-11-20(12-16-22)24(19-9-13-21(14-10-19)29(30,31)32)5-3-8-28(37)34-27-7-4-6-26-25(27)17-23(36)18-33-26;;/h3-16,23,33,36H,17-18H2,1-2H3,(H,34,37);2*1H/b8-3+,24-5-;;. The molecule has 0 saturated heterocycles. The zero-order valence-electron chi connectivity index (χ0n) is 21.3. The van der Waals surface area contributed by atoms with Crippen LogP contribution in [-0.2, 0) is 17.4 Å². The van der Waals surface area contributed by atoms with Crippen LogP contribution in [0, 0.1) is 0 Å². The first-order valence-corrected chi connectivity index (χ1v) is 11.8. The van der Waals surface area contributed by atoms with Crippen molar-refractivity contribution in [3.63, 3.8) is 0 Å². The summed E-state index contributed by atoms with van der Waals surface area (Å²) in [5.74, 6) is -0.362. The van der Waals surface area contributed by atoms with Crippen molar-refractivity contribution in [2.24, 2.45) is 0 Å². The highest BCUT2D eigenvalue weighted by Crippen LogP contribution is 2.32. The number of nitrogens with zero attached hydrogens (tertiary/aromatic N) is 1. The number of benzene rings is 3. The van der Waals surface area contributed by atoms with Gasteiger partial charge in [0.15, 0.2) is 0 Å². The number of halogens is 5. The first-order valence-electron chi connectivity index (χ1n) is 11.8. The molecule has 39 heavy (non-hydrogen) atoms. The van der Waals surface area contributed by atoms with Crippen LogP contribution >= 0.6 is 24.8 Å². The molecule has 10 heteroatoms. The predicted molar refractivity (Wildman–Crippen MR) is 156 cm³/mol. The molecular weight excluding hydrogens is 550 g/mol. The maximum Gasteiger partial charge on any atom is 0.416 e. The molecule has 1 atom stereocenters. The van der Waals surface area contributed by atoms with Gasteiger partial charge in [-0.15, -0.1) is 24.8 Å². The number of fused-ring (bicyclic) bond motifs is 1. The summed E-state index contributed by atoms with van der Waals surface area (Å²) >= 11 is 0. The number of allylic oxidation sites excluding steroid dienone is 2. The summed E-state index contributed by atoms with van der Waals surface area (Å²) in [5, 5.41) is 16.0. The van der Waals surface area contributed by atoms with Crippen molar-refractivity contribution in [2.75, 3.05) is 36.2 Å². The fourth-order valence-electron chi connectivity index (χ4n) is 4.17. The van der Waals surface area contributed by atoms with Crippen molar-refractivity contribution in [3.05, 3.63) is 107 Å². The lowest BCUT2D eigenvalue weighted by molar-refractivity contribution is -0.137. The summed E-state index contributed by atoms with van der Waals surface area (Å²) in [6, 6.07) is 18.1. The molecule has 0 radical (unpaired) electrons. The number of carbonyl (C=O) groups is 1. The second-order valence-corrected chi connectivity index (χ2v) is 9.02. The summed E-state index contributed by atoms with van der Waals surface area (Å²) in [6.07, 6.45) is 0.127. The lowest BCUT2D eigenvalue weighted by atomic mass is 9.96. The van der Waals surface area contributed by atoms with E-state index in [9.17, 15) is 23.1 Å². The summed E-state index contributed by atoms with van der Waals surface area (Å²) in [5.41, 5.74) is 4.65. The second-order valence-electron chi connectivity index (χ2n) is 9.02. The third kappa shape index (κ3) is 8.02. The number of anilines is 3. The molecule has 0 saturated carbocycles. The Kier molecular flexibility index (Phi) is 11.0. The number of carbonyl (C=O) groups excluding carboxylic acids is 1. The highest BCUT2D eigenvalue weighted by Gasteiger charge is 2.30. The Morgan fingerprint density at radius 1 is 1.00 bits per heavy atom. The van der Waals surface area contributed by atoms with Crippen LogP contribution in [0.25, 0.3) is 5.57 Å². The van der Waals surface area contributed by atoms with Gasteiger partial charge in [0, 0.05) is 55.8 Å². The van der Waals surface area contributed by atoms with Gasteiger partial charge < -0.3 is 20.6 Å². The quantitative estimate of drug-likeness (QED) is 0.228. The molecule has 208 valence electrons. The molecule has 0 spiro atoms. The van der Waals surface area contributed by atoms with Crippen LogP contribution in [0.4, 0.5) is 30.2 Å². The minimum absolute atomic E-state index is 0. The molecule has 1 aliphatic heterocycles. The van der Waals surface area contributed by atoms with E-state index < -0.39 is 17.8 Å². The molecule has 0 aliphatic carbocycles. The van der Waals surface area contributed by atoms with Crippen LogP contribution in [0.5, 0.6) is 0 Å². The fourth-order valence-corrected chi connectivity index (χ4v) is 4.17. The van der Waals surface area contributed by atoms with Crippen molar-refractivity contribution >= 4 is 53.4 Å². The summed E-state index contributed by atoms with van der Waals surface area (Å²) < 4.78 is 39.2. The molecule has 3 N–H and O–H groups in total. The van der Waals surface area contributed by atoms with Gasteiger partial charge in [0.25, 0.3) is 0 Å². The lowest BCUT2D eigenvalue weighted by Gasteiger charge is -2.24. The Morgan fingerprint density at radius 3 is 2.21 bits per heavy atom. The van der Waals surface area contributed by atoms with Crippen molar-refractivity contribution in [1.29, 1.82) is 0 Å². The van der Waals surface area contributed by atoms with Crippen LogP contribution < -0.4 is 15.5 Å². The Balaban J connectivity index is 0.00000267. The molecule has 0 bridgehead atoms. The van der Waals surface area contributed by atoms with Crippen molar-refractivity contribution in [1.82, 2.24) is 0 Å². The van der Waals surface area contributed by atoms with Gasteiger partial charge in [-0.2, -0.15) is 13.2 Å². The number of amides is 1. The van der Waals surface area contributed by atoms with Crippen molar-refractivity contribution in [2.45, 2.75) is 18.7 Å². The van der Waals surface area contributed by atoms with Gasteiger partial charge >= 0.3 is 6.18 Å². The minimum Gasteiger partial charge on any atom is -0.391 e. The molecule has 3 aromatic rings. The third-order valence-corrected chi connectivity index (χ3v) is 6.13. The molecule has 4 rings (SSSR count). The van der Waals surface area contributed by atoms with Crippen LogP contribution in [0.2, 0.25) is 0 Å². The number of nitrogens with one attached hydrogen (secondary N) is 2. The van der Waals surface area contributed by atoms with Gasteiger partial charge in [0.2, 0.25) is 5.91 Å². The van der Waals surface area contributed by atoms with Gasteiger partial charge in [0.05, 0.1) is 11.7 Å². The number of alkyl halides is 3. The van der Waals surface area contributed by atoms with E-state index in [0.717, 1.165) is 34.6 Å². The summed E-state index contributed by atoms with van der Waals surface area (Å²) in [6.45, 7) is 0.456. The van der Waals surface area contributed by atoms with Gasteiger partial charge in [-0.3, -0.25) is 4.79 Å². The van der Waals surface area contributed by atoms with Crippen LogP contribution in [0.3, 0.4) is 0 Å². The zero-order chi connectivity index (χ0) is 26.6. The number of aliphatic hydroxyl groups is 1. The average molecular weight is 580 g/mol. The lowest BCUT2D eigenvalue weighted by Crippen LogP contribution is -2.28. The molecule has 5 nitrogen and oxygen atoms in total. The molecule has 1 unspecified atom stereocenters. The Morgan fingerprint density at radius 2 is 1.62 bits per heavy atom. The van der Waals surface area contributed by atoms with E-state index in [2.05, 4.69) is 10.6 Å². The highest BCUT2D eigenvalue weighted by atomic mass is 35.5. The fraction of sp³-hybridized carbons (Fsp3) is 0.207. The molecule has 0 aromatic heterocycles. The molecule has 1 aliphatic rings. The molecule has 3 aromatic carbocycles. The Labute approximate surface area is 238 Å². The number of aliphatic hydroxyl groups excluding tert-OH is 1. The van der Waals surface area contributed by atoms with E-state index in [1.165, 1.54) is 18.2 Å². The maximum atomic E-state index is 13.1. The van der Waals surface area contributed by atoms with Crippen molar-refractivity contribution < 1.29 is 23.1 Å². The van der Waals surface area contributed by atoms with E-state index in [1.807, 2.05) is 55.4 Å². The normalized spacial score (nSPS) is 14.9. The summed E-state index contributed by atoms with van der Waals surface area (Å²) in [4.78, 5) is 14.6. The van der Waals surface area contributed by atoms with E-state index in [1.54, 1.807) is 18.2 Å². The second kappa shape index (κ2) is 13.6. The number of hydrogen-bond donors (Lipinski definition) is 3. The van der Waals surface area contributed by atoms with Gasteiger partial charge in [-0.05, 0) is 53.1 Å². The van der Waals surface area contributed by atoms with Crippen LogP contribution in [0.15, 0.2) is 85.0 Å². The first kappa shape index (κ1) is 31.8. The SMILES string of the molecule is CN(C)c1ccc(/C(=C\C=C\C(=O)Nc2cccc3c2CC(O)CN3)c2ccc(C(F)(F)F)cc2)cc1.Cl.Cl. The van der Waals surface area contributed by atoms with E-state index >= 15 is 0 Å². The Bertz CT molecular complexity index is 1320. The van der Waals surface area contributed by atoms with E-state index in [0.29, 0.717) is 29.8 Å². The molecule has 0 fully saturated rings. The largest absolute Gasteiger partial charge is 0.416 e. The van der Waals surface area contributed by atoms with Crippen LogP contribution in [-0.4, -0.2) is 37.8 Å². The minimum atomic E-state index is -4.42. The first-order chi connectivity index (χ1) is 17.6. The molecule has 1 amide bonds. The van der Waals surface area contributed by atoms with Crippen LogP contribution in [0.1, 0.15) is 22.3 Å². The zero-order valence-corrected chi connectivity index (χ0v) is 23.0.